The van der Waals surface area contributed by atoms with E-state index in [-0.39, 0.29) is 0 Å². The van der Waals surface area contributed by atoms with Crippen LogP contribution in [0, 0.1) is 0 Å². The van der Waals surface area contributed by atoms with Gasteiger partial charge in [0, 0.05) is 5.03 Å². The lowest BCUT2D eigenvalue weighted by Gasteiger charge is -2.18. The standard InChI is InChI=1S/C7H5Cl3O/c8-5-1-3-7(10,4-2-5)6(9)11/h1-3H,4H2. The van der Waals surface area contributed by atoms with Crippen LogP contribution in [-0.4, -0.2) is 10.1 Å². The van der Waals surface area contributed by atoms with Crippen molar-refractivity contribution < 1.29 is 4.79 Å². The van der Waals surface area contributed by atoms with E-state index in [4.69, 9.17) is 34.8 Å². The molecule has 1 aliphatic rings. The maximum Gasteiger partial charge on any atom is 0.246 e. The van der Waals surface area contributed by atoms with Gasteiger partial charge in [0.15, 0.2) is 0 Å². The van der Waals surface area contributed by atoms with Crippen molar-refractivity contribution in [3.8, 4) is 0 Å². The molecule has 1 unspecified atom stereocenters. The first-order chi connectivity index (χ1) is 5.04. The molecule has 4 heteroatoms. The van der Waals surface area contributed by atoms with Crippen LogP contribution in [-0.2, 0) is 4.79 Å². The average Bonchev–Trinajstić information content (AvgIpc) is 1.95. The number of halogens is 3. The topological polar surface area (TPSA) is 17.1 Å². The maximum atomic E-state index is 10.7. The average molecular weight is 211 g/mol. The highest BCUT2D eigenvalue weighted by molar-refractivity contribution is 6.71. The van der Waals surface area contributed by atoms with Gasteiger partial charge in [0.2, 0.25) is 5.24 Å². The molecule has 0 radical (unpaired) electrons. The Morgan fingerprint density at radius 2 is 2.27 bits per heavy atom. The molecule has 1 nitrogen and oxygen atoms in total. The predicted molar refractivity (Wildman–Crippen MR) is 47.1 cm³/mol. The second kappa shape index (κ2) is 3.18. The molecule has 0 spiro atoms. The summed E-state index contributed by atoms with van der Waals surface area (Å²) in [6.07, 6.45) is 5.09. The summed E-state index contributed by atoms with van der Waals surface area (Å²) in [6, 6.07) is 0. The second-order valence-corrected chi connectivity index (χ2v) is 3.72. The van der Waals surface area contributed by atoms with E-state index in [1.54, 1.807) is 12.2 Å². The monoisotopic (exact) mass is 210 g/mol. The molecule has 60 valence electrons. The summed E-state index contributed by atoms with van der Waals surface area (Å²) in [7, 11) is 0. The number of alkyl halides is 1. The molecule has 0 aromatic heterocycles. The van der Waals surface area contributed by atoms with Crippen molar-refractivity contribution in [2.75, 3.05) is 0 Å². The molecular weight excluding hydrogens is 206 g/mol. The first kappa shape index (κ1) is 9.11. The molecule has 0 heterocycles. The van der Waals surface area contributed by atoms with Gasteiger partial charge in [-0.3, -0.25) is 4.79 Å². The third-order valence-electron chi connectivity index (χ3n) is 1.43. The number of rotatable bonds is 1. The number of allylic oxidation sites excluding steroid dienone is 4. The molecule has 1 aliphatic carbocycles. The Kier molecular flexibility index (Phi) is 2.63. The van der Waals surface area contributed by atoms with Crippen LogP contribution in [0.1, 0.15) is 6.42 Å². The van der Waals surface area contributed by atoms with Gasteiger partial charge in [0.1, 0.15) is 4.87 Å². The SMILES string of the molecule is O=C(Cl)C1(Cl)C=CC(Cl)=CC1. The number of hydrogen-bond acceptors (Lipinski definition) is 1. The van der Waals surface area contributed by atoms with Gasteiger partial charge < -0.3 is 0 Å². The van der Waals surface area contributed by atoms with Crippen LogP contribution in [0.2, 0.25) is 0 Å². The first-order valence-corrected chi connectivity index (χ1v) is 4.12. The van der Waals surface area contributed by atoms with Crippen LogP contribution in [0.5, 0.6) is 0 Å². The highest BCUT2D eigenvalue weighted by atomic mass is 35.5. The third-order valence-corrected chi connectivity index (χ3v) is 2.59. The fraction of sp³-hybridized carbons (Fsp3) is 0.286. The summed E-state index contributed by atoms with van der Waals surface area (Å²) in [4.78, 5) is 9.65. The van der Waals surface area contributed by atoms with Gasteiger partial charge in [0.25, 0.3) is 0 Å². The van der Waals surface area contributed by atoms with Gasteiger partial charge in [-0.2, -0.15) is 0 Å². The summed E-state index contributed by atoms with van der Waals surface area (Å²) >= 11 is 16.7. The van der Waals surface area contributed by atoms with Gasteiger partial charge >= 0.3 is 0 Å². The van der Waals surface area contributed by atoms with Gasteiger partial charge in [-0.15, -0.1) is 11.6 Å². The van der Waals surface area contributed by atoms with Crippen molar-refractivity contribution in [3.63, 3.8) is 0 Å². The normalized spacial score (nSPS) is 29.9. The van der Waals surface area contributed by atoms with Crippen LogP contribution in [0.25, 0.3) is 0 Å². The maximum absolute atomic E-state index is 10.7. The molecule has 0 amide bonds. The fourth-order valence-electron chi connectivity index (χ4n) is 0.740. The largest absolute Gasteiger partial charge is 0.279 e. The molecule has 0 aromatic rings. The Balaban J connectivity index is 2.82. The van der Waals surface area contributed by atoms with Crippen molar-refractivity contribution in [1.29, 1.82) is 0 Å². The minimum absolute atomic E-state index is 0.353. The highest BCUT2D eigenvalue weighted by Gasteiger charge is 2.32. The Bertz CT molecular complexity index is 244. The van der Waals surface area contributed by atoms with Crippen LogP contribution >= 0.6 is 34.8 Å². The summed E-state index contributed by atoms with van der Waals surface area (Å²) in [6.45, 7) is 0. The summed E-state index contributed by atoms with van der Waals surface area (Å²) < 4.78 is 0. The Morgan fingerprint density at radius 1 is 1.64 bits per heavy atom. The van der Waals surface area contributed by atoms with Crippen LogP contribution in [0.15, 0.2) is 23.3 Å². The van der Waals surface area contributed by atoms with E-state index >= 15 is 0 Å². The Hall–Kier alpha value is 0.0200. The molecular formula is C7H5Cl3O. The van der Waals surface area contributed by atoms with E-state index in [0.29, 0.717) is 11.5 Å². The zero-order chi connectivity index (χ0) is 8.48. The van der Waals surface area contributed by atoms with E-state index in [1.807, 2.05) is 0 Å². The van der Waals surface area contributed by atoms with Crippen LogP contribution < -0.4 is 0 Å². The van der Waals surface area contributed by atoms with Crippen molar-refractivity contribution in [3.05, 3.63) is 23.3 Å². The lowest BCUT2D eigenvalue weighted by Crippen LogP contribution is -2.26. The van der Waals surface area contributed by atoms with E-state index < -0.39 is 10.1 Å². The zero-order valence-corrected chi connectivity index (χ0v) is 7.75. The zero-order valence-electron chi connectivity index (χ0n) is 5.48. The number of hydrogen-bond donors (Lipinski definition) is 0. The Labute approximate surface area is 79.6 Å². The van der Waals surface area contributed by atoms with Crippen LogP contribution in [0.4, 0.5) is 0 Å². The lowest BCUT2D eigenvalue weighted by atomic mass is 10.0. The van der Waals surface area contributed by atoms with Crippen molar-refractivity contribution in [1.82, 2.24) is 0 Å². The first-order valence-electron chi connectivity index (χ1n) is 2.98. The van der Waals surface area contributed by atoms with E-state index in [0.717, 1.165) is 0 Å². The Morgan fingerprint density at radius 3 is 2.64 bits per heavy atom. The number of carbonyl (C=O) groups excluding carboxylic acids is 1. The van der Waals surface area contributed by atoms with Gasteiger partial charge in [-0.05, 0) is 24.1 Å². The van der Waals surface area contributed by atoms with Crippen molar-refractivity contribution in [2.45, 2.75) is 11.3 Å². The minimum Gasteiger partial charge on any atom is -0.279 e. The number of carbonyl (C=O) groups is 1. The van der Waals surface area contributed by atoms with E-state index in [1.165, 1.54) is 6.08 Å². The molecule has 0 aliphatic heterocycles. The van der Waals surface area contributed by atoms with Gasteiger partial charge in [-0.25, -0.2) is 0 Å². The van der Waals surface area contributed by atoms with Gasteiger partial charge in [-0.1, -0.05) is 23.8 Å². The quantitative estimate of drug-likeness (QED) is 0.481. The molecule has 1 atom stereocenters. The summed E-state index contributed by atoms with van der Waals surface area (Å²) in [5.74, 6) is 0. The highest BCUT2D eigenvalue weighted by Crippen LogP contribution is 2.30. The molecule has 11 heavy (non-hydrogen) atoms. The molecule has 0 bridgehead atoms. The van der Waals surface area contributed by atoms with Crippen LogP contribution in [0.3, 0.4) is 0 Å². The molecule has 1 rings (SSSR count). The summed E-state index contributed by atoms with van der Waals surface area (Å²) in [5.41, 5.74) is 0. The minimum atomic E-state index is -1.08. The third kappa shape index (κ3) is 1.98. The molecule has 0 N–H and O–H groups in total. The molecule has 0 saturated heterocycles. The second-order valence-electron chi connectivity index (χ2n) is 2.26. The van der Waals surface area contributed by atoms with Crippen molar-refractivity contribution >= 4 is 40.0 Å². The smallest absolute Gasteiger partial charge is 0.246 e. The molecule has 0 saturated carbocycles. The predicted octanol–water partition coefficient (Wildman–Crippen LogP) is 2.81. The van der Waals surface area contributed by atoms with Crippen molar-refractivity contribution in [2.24, 2.45) is 0 Å². The molecule has 0 aromatic carbocycles. The fourth-order valence-corrected chi connectivity index (χ4v) is 1.16. The molecule has 0 fully saturated rings. The van der Waals surface area contributed by atoms with E-state index in [9.17, 15) is 4.79 Å². The van der Waals surface area contributed by atoms with E-state index in [2.05, 4.69) is 0 Å². The summed E-state index contributed by atoms with van der Waals surface area (Å²) in [5, 5.41) is 0.00928. The lowest BCUT2D eigenvalue weighted by molar-refractivity contribution is -0.112. The van der Waals surface area contributed by atoms with Gasteiger partial charge in [0.05, 0.1) is 0 Å².